The molecule has 26 heavy (non-hydrogen) atoms. The molecule has 3 aromatic rings. The minimum absolute atomic E-state index is 0.267. The number of nitrogens with zero attached hydrogens (tertiary/aromatic N) is 4. The molecule has 0 radical (unpaired) electrons. The average molecular weight is 354 g/mol. The van der Waals surface area contributed by atoms with Crippen molar-refractivity contribution in [3.63, 3.8) is 0 Å². The van der Waals surface area contributed by atoms with Crippen molar-refractivity contribution in [1.29, 1.82) is 0 Å². The van der Waals surface area contributed by atoms with Gasteiger partial charge in [-0.15, -0.1) is 0 Å². The number of pyridine rings is 1. The second-order valence-electron chi connectivity index (χ2n) is 7.01. The third kappa shape index (κ3) is 3.36. The Hall–Kier alpha value is -2.64. The van der Waals surface area contributed by atoms with Crippen LogP contribution in [0.4, 0.5) is 10.2 Å². The molecule has 6 nitrogen and oxygen atoms in total. The highest BCUT2D eigenvalue weighted by molar-refractivity contribution is 5.85. The van der Waals surface area contributed by atoms with Gasteiger partial charge in [-0.25, -0.2) is 19.3 Å². The first kappa shape index (κ1) is 16.8. The molecule has 1 saturated heterocycles. The van der Waals surface area contributed by atoms with Crippen LogP contribution in [0, 0.1) is 5.82 Å². The highest BCUT2D eigenvalue weighted by atomic mass is 19.1. The zero-order valence-corrected chi connectivity index (χ0v) is 14.7. The van der Waals surface area contributed by atoms with E-state index in [-0.39, 0.29) is 5.82 Å². The summed E-state index contributed by atoms with van der Waals surface area (Å²) in [5, 5.41) is 0. The number of quaternary nitrogens is 1. The standard InChI is InChI=1S/C19H21FN5O/c1-25(4-6-26-7-5-25)11-13-8-14(10-15(20)9-13)16-2-3-17-18(24-16)19(21)23-12-22-17/h2-3,8-10,12H,4-7,11H2,1H3,(H2,21,22,23)/q+1. The number of anilines is 1. The normalized spacial score (nSPS) is 16.7. The fourth-order valence-corrected chi connectivity index (χ4v) is 3.39. The monoisotopic (exact) mass is 354 g/mol. The van der Waals surface area contributed by atoms with E-state index in [2.05, 4.69) is 22.0 Å². The van der Waals surface area contributed by atoms with E-state index < -0.39 is 0 Å². The Morgan fingerprint density at radius 3 is 2.77 bits per heavy atom. The number of halogens is 1. The SMILES string of the molecule is C[N+]1(Cc2cc(F)cc(-c3ccc4ncnc(N)c4n3)c2)CCOCC1. The largest absolute Gasteiger partial charge is 0.382 e. The Morgan fingerprint density at radius 1 is 1.15 bits per heavy atom. The second-order valence-corrected chi connectivity index (χ2v) is 7.01. The van der Waals surface area contributed by atoms with Crippen molar-refractivity contribution in [3.05, 3.63) is 48.0 Å². The molecule has 0 aliphatic carbocycles. The number of benzene rings is 1. The summed E-state index contributed by atoms with van der Waals surface area (Å²) < 4.78 is 20.6. The number of rotatable bonds is 3. The maximum Gasteiger partial charge on any atom is 0.153 e. The average Bonchev–Trinajstić information content (AvgIpc) is 2.61. The van der Waals surface area contributed by atoms with Gasteiger partial charge in [0.2, 0.25) is 0 Å². The van der Waals surface area contributed by atoms with Crippen LogP contribution >= 0.6 is 0 Å². The van der Waals surface area contributed by atoms with Crippen LogP contribution in [-0.2, 0) is 11.3 Å². The van der Waals surface area contributed by atoms with Crippen molar-refractivity contribution in [1.82, 2.24) is 15.0 Å². The van der Waals surface area contributed by atoms with E-state index in [9.17, 15) is 4.39 Å². The lowest BCUT2D eigenvalue weighted by molar-refractivity contribution is -0.929. The van der Waals surface area contributed by atoms with Gasteiger partial charge >= 0.3 is 0 Å². The fourth-order valence-electron chi connectivity index (χ4n) is 3.39. The van der Waals surface area contributed by atoms with Crippen molar-refractivity contribution < 1.29 is 13.6 Å². The molecular formula is C19H21FN5O+. The third-order valence-corrected chi connectivity index (χ3v) is 4.88. The first-order valence-corrected chi connectivity index (χ1v) is 8.61. The van der Waals surface area contributed by atoms with Crippen molar-refractivity contribution in [2.24, 2.45) is 0 Å². The minimum Gasteiger partial charge on any atom is -0.382 e. The summed E-state index contributed by atoms with van der Waals surface area (Å²) in [6.45, 7) is 4.09. The lowest BCUT2D eigenvalue weighted by atomic mass is 10.1. The van der Waals surface area contributed by atoms with E-state index in [0.29, 0.717) is 22.5 Å². The number of aromatic nitrogens is 3. The van der Waals surface area contributed by atoms with Gasteiger partial charge in [-0.2, -0.15) is 0 Å². The molecule has 7 heteroatoms. The third-order valence-electron chi connectivity index (χ3n) is 4.88. The van der Waals surface area contributed by atoms with Crippen LogP contribution in [0.2, 0.25) is 0 Å². The number of likely N-dealkylation sites (N-methyl/N-ethyl adjacent to an activating group) is 1. The predicted molar refractivity (Wildman–Crippen MR) is 97.6 cm³/mol. The van der Waals surface area contributed by atoms with Crippen LogP contribution in [0.1, 0.15) is 5.56 Å². The van der Waals surface area contributed by atoms with E-state index in [1.54, 1.807) is 6.07 Å². The van der Waals surface area contributed by atoms with E-state index in [1.807, 2.05) is 18.2 Å². The van der Waals surface area contributed by atoms with E-state index in [1.165, 1.54) is 12.4 Å². The van der Waals surface area contributed by atoms with Crippen LogP contribution in [0.25, 0.3) is 22.3 Å². The number of hydrogen-bond donors (Lipinski definition) is 1. The van der Waals surface area contributed by atoms with Crippen molar-refractivity contribution in [3.8, 4) is 11.3 Å². The number of nitrogen functional groups attached to an aromatic ring is 1. The lowest BCUT2D eigenvalue weighted by Gasteiger charge is -2.37. The summed E-state index contributed by atoms with van der Waals surface area (Å²) in [5.41, 5.74) is 9.43. The Balaban J connectivity index is 1.71. The molecule has 1 aromatic carbocycles. The maximum atomic E-state index is 14.3. The summed E-state index contributed by atoms with van der Waals surface area (Å²) in [5.74, 6) is 0.0522. The van der Waals surface area contributed by atoms with Gasteiger partial charge in [-0.3, -0.25) is 0 Å². The highest BCUT2D eigenvalue weighted by Gasteiger charge is 2.26. The van der Waals surface area contributed by atoms with Gasteiger partial charge in [-0.1, -0.05) is 0 Å². The lowest BCUT2D eigenvalue weighted by Crippen LogP contribution is -2.51. The molecule has 0 bridgehead atoms. The topological polar surface area (TPSA) is 73.9 Å². The molecule has 1 aliphatic heterocycles. The minimum atomic E-state index is -0.267. The zero-order chi connectivity index (χ0) is 18.1. The molecule has 4 rings (SSSR count). The van der Waals surface area contributed by atoms with Gasteiger partial charge in [0.1, 0.15) is 37.3 Å². The molecule has 0 saturated carbocycles. The second kappa shape index (κ2) is 6.59. The number of nitrogens with two attached hydrogens (primary N) is 1. The maximum absolute atomic E-state index is 14.3. The first-order chi connectivity index (χ1) is 12.5. The number of ether oxygens (including phenoxy) is 1. The van der Waals surface area contributed by atoms with Gasteiger partial charge in [0.25, 0.3) is 0 Å². The highest BCUT2D eigenvalue weighted by Crippen LogP contribution is 2.25. The van der Waals surface area contributed by atoms with Gasteiger partial charge < -0.3 is 15.0 Å². The number of fused-ring (bicyclic) bond motifs is 1. The Kier molecular flexibility index (Phi) is 4.26. The van der Waals surface area contributed by atoms with Gasteiger partial charge in [0.15, 0.2) is 5.82 Å². The Bertz CT molecular complexity index is 956. The van der Waals surface area contributed by atoms with Crippen LogP contribution in [0.15, 0.2) is 36.7 Å². The Morgan fingerprint density at radius 2 is 1.96 bits per heavy atom. The predicted octanol–water partition coefficient (Wildman–Crippen LogP) is 2.39. The molecule has 0 spiro atoms. The number of morpholine rings is 1. The van der Waals surface area contributed by atoms with E-state index >= 15 is 0 Å². The molecule has 0 amide bonds. The molecule has 0 unspecified atom stereocenters. The molecule has 2 N–H and O–H groups in total. The first-order valence-electron chi connectivity index (χ1n) is 8.61. The summed E-state index contributed by atoms with van der Waals surface area (Å²) >= 11 is 0. The molecule has 1 fully saturated rings. The van der Waals surface area contributed by atoms with Crippen LogP contribution in [-0.4, -0.2) is 52.8 Å². The van der Waals surface area contributed by atoms with Crippen LogP contribution in [0.3, 0.4) is 0 Å². The quantitative estimate of drug-likeness (QED) is 0.731. The molecule has 1 aliphatic rings. The summed E-state index contributed by atoms with van der Waals surface area (Å²) in [6.07, 6.45) is 1.41. The zero-order valence-electron chi connectivity index (χ0n) is 14.7. The van der Waals surface area contributed by atoms with Crippen molar-refractivity contribution in [2.45, 2.75) is 6.54 Å². The van der Waals surface area contributed by atoms with E-state index in [4.69, 9.17) is 10.5 Å². The fraction of sp³-hybridized carbons (Fsp3) is 0.316. The molecule has 2 aromatic heterocycles. The number of hydrogen-bond acceptors (Lipinski definition) is 5. The van der Waals surface area contributed by atoms with Gasteiger partial charge in [-0.05, 0) is 30.3 Å². The van der Waals surface area contributed by atoms with Crippen molar-refractivity contribution in [2.75, 3.05) is 39.1 Å². The molecule has 3 heterocycles. The summed E-state index contributed by atoms with van der Waals surface area (Å²) in [6, 6.07) is 8.75. The Labute approximate surface area is 151 Å². The van der Waals surface area contributed by atoms with E-state index in [0.717, 1.165) is 48.5 Å². The van der Waals surface area contributed by atoms with Crippen LogP contribution < -0.4 is 5.73 Å². The molecule has 0 atom stereocenters. The summed E-state index contributed by atoms with van der Waals surface area (Å²) in [4.78, 5) is 12.7. The van der Waals surface area contributed by atoms with Crippen LogP contribution in [0.5, 0.6) is 0 Å². The smallest absolute Gasteiger partial charge is 0.153 e. The van der Waals surface area contributed by atoms with Gasteiger partial charge in [0.05, 0.1) is 31.5 Å². The molecule has 134 valence electrons. The van der Waals surface area contributed by atoms with Gasteiger partial charge in [0, 0.05) is 11.1 Å². The molecular weight excluding hydrogens is 333 g/mol. The summed E-state index contributed by atoms with van der Waals surface area (Å²) in [7, 11) is 2.18. The van der Waals surface area contributed by atoms with Crippen molar-refractivity contribution >= 4 is 16.9 Å².